The van der Waals surface area contributed by atoms with Crippen LogP contribution in [0, 0.1) is 17.6 Å². The maximum atomic E-state index is 13.4. The molecule has 1 amide bonds. The summed E-state index contributed by atoms with van der Waals surface area (Å²) in [6.45, 7) is 0.309. The van der Waals surface area contributed by atoms with Gasteiger partial charge in [-0.2, -0.15) is 0 Å². The fourth-order valence-electron chi connectivity index (χ4n) is 2.36. The summed E-state index contributed by atoms with van der Waals surface area (Å²) in [5.41, 5.74) is 0.161. The third-order valence-electron chi connectivity index (χ3n) is 3.54. The summed E-state index contributed by atoms with van der Waals surface area (Å²) in [5.74, 6) is -1.14. The lowest BCUT2D eigenvalue weighted by atomic mass is 10.1. The maximum Gasteiger partial charge on any atom is 0.220 e. The lowest BCUT2D eigenvalue weighted by molar-refractivity contribution is -0.121. The van der Waals surface area contributed by atoms with Crippen LogP contribution in [0.25, 0.3) is 0 Å². The van der Waals surface area contributed by atoms with Crippen LogP contribution in [-0.4, -0.2) is 32.4 Å². The van der Waals surface area contributed by atoms with E-state index in [1.54, 1.807) is 0 Å². The largest absolute Gasteiger partial charge is 0.356 e. The Balaban J connectivity index is 1.76. The molecule has 0 unspecified atom stereocenters. The van der Waals surface area contributed by atoms with Crippen molar-refractivity contribution in [2.45, 2.75) is 19.3 Å². The molecule has 2 rings (SSSR count). The number of hydrogen-bond donors (Lipinski definition) is 1. The third-order valence-corrected chi connectivity index (χ3v) is 5.38. The Bertz CT molecular complexity index is 631. The average Bonchev–Trinajstić information content (AvgIpc) is 2.77. The molecule has 0 spiro atoms. The highest BCUT2D eigenvalue weighted by molar-refractivity contribution is 7.91. The highest BCUT2D eigenvalue weighted by Crippen LogP contribution is 2.17. The van der Waals surface area contributed by atoms with Crippen LogP contribution < -0.4 is 5.32 Å². The van der Waals surface area contributed by atoms with Gasteiger partial charge in [-0.3, -0.25) is 4.79 Å². The Morgan fingerprint density at radius 2 is 2.10 bits per heavy atom. The summed E-state index contributed by atoms with van der Waals surface area (Å²) in [5, 5.41) is 2.65. The SMILES string of the molecule is O=C(CCc1cc(F)ccc1F)NC[C@@H]1CCS(=O)(=O)C1. The van der Waals surface area contributed by atoms with E-state index in [9.17, 15) is 22.0 Å². The minimum atomic E-state index is -2.95. The van der Waals surface area contributed by atoms with Crippen LogP contribution in [0.2, 0.25) is 0 Å². The number of sulfone groups is 1. The first-order valence-electron chi connectivity index (χ1n) is 6.77. The molecule has 1 aliphatic heterocycles. The first-order chi connectivity index (χ1) is 9.85. The molecule has 1 aromatic carbocycles. The number of carbonyl (C=O) groups excluding carboxylic acids is 1. The van der Waals surface area contributed by atoms with Crippen molar-refractivity contribution in [2.75, 3.05) is 18.1 Å². The second-order valence-corrected chi connectivity index (χ2v) is 7.54. The number of nitrogens with one attached hydrogen (secondary N) is 1. The van der Waals surface area contributed by atoms with Crippen molar-refractivity contribution in [1.29, 1.82) is 0 Å². The molecule has 0 saturated carbocycles. The number of hydrogen-bond acceptors (Lipinski definition) is 3. The Labute approximate surface area is 122 Å². The van der Waals surface area contributed by atoms with Crippen LogP contribution in [0.3, 0.4) is 0 Å². The highest BCUT2D eigenvalue weighted by Gasteiger charge is 2.27. The molecular formula is C14H17F2NO3S. The Morgan fingerprint density at radius 3 is 2.76 bits per heavy atom. The number of rotatable bonds is 5. The number of carbonyl (C=O) groups is 1. The van der Waals surface area contributed by atoms with Gasteiger partial charge in [-0.05, 0) is 42.5 Å². The number of benzene rings is 1. The van der Waals surface area contributed by atoms with Crippen molar-refractivity contribution >= 4 is 15.7 Å². The summed E-state index contributed by atoms with van der Waals surface area (Å²) in [6, 6.07) is 3.14. The van der Waals surface area contributed by atoms with E-state index in [1.807, 2.05) is 0 Å². The van der Waals surface area contributed by atoms with E-state index in [0.29, 0.717) is 13.0 Å². The molecule has 7 heteroatoms. The summed E-state index contributed by atoms with van der Waals surface area (Å²) in [7, 11) is -2.95. The van der Waals surface area contributed by atoms with Crippen LogP contribution in [0.4, 0.5) is 8.78 Å². The fraction of sp³-hybridized carbons (Fsp3) is 0.500. The zero-order valence-corrected chi connectivity index (χ0v) is 12.3. The monoisotopic (exact) mass is 317 g/mol. The van der Waals surface area contributed by atoms with E-state index in [0.717, 1.165) is 18.2 Å². The first-order valence-corrected chi connectivity index (χ1v) is 8.59. The van der Waals surface area contributed by atoms with Crippen LogP contribution in [-0.2, 0) is 21.1 Å². The molecule has 0 aliphatic carbocycles. The quantitative estimate of drug-likeness (QED) is 0.894. The molecular weight excluding hydrogens is 300 g/mol. The molecule has 1 fully saturated rings. The van der Waals surface area contributed by atoms with Crippen LogP contribution in [0.15, 0.2) is 18.2 Å². The van der Waals surface area contributed by atoms with Gasteiger partial charge in [-0.25, -0.2) is 17.2 Å². The molecule has 1 heterocycles. The molecule has 0 aromatic heterocycles. The third kappa shape index (κ3) is 4.77. The van der Waals surface area contributed by atoms with Gasteiger partial charge in [0.15, 0.2) is 9.84 Å². The first kappa shape index (κ1) is 15.9. The van der Waals surface area contributed by atoms with Crippen molar-refractivity contribution in [2.24, 2.45) is 5.92 Å². The number of aryl methyl sites for hydroxylation is 1. The van der Waals surface area contributed by atoms with E-state index in [1.165, 1.54) is 0 Å². The smallest absolute Gasteiger partial charge is 0.220 e. The predicted molar refractivity (Wildman–Crippen MR) is 74.4 cm³/mol. The molecule has 0 radical (unpaired) electrons. The van der Waals surface area contributed by atoms with Gasteiger partial charge in [0, 0.05) is 13.0 Å². The van der Waals surface area contributed by atoms with Crippen molar-refractivity contribution < 1.29 is 22.0 Å². The number of halogens is 2. The van der Waals surface area contributed by atoms with E-state index >= 15 is 0 Å². The molecule has 1 aromatic rings. The van der Waals surface area contributed by atoms with E-state index in [2.05, 4.69) is 5.32 Å². The van der Waals surface area contributed by atoms with E-state index in [4.69, 9.17) is 0 Å². The minimum Gasteiger partial charge on any atom is -0.356 e. The van der Waals surface area contributed by atoms with Crippen molar-refractivity contribution in [1.82, 2.24) is 5.32 Å². The van der Waals surface area contributed by atoms with Crippen molar-refractivity contribution in [3.8, 4) is 0 Å². The molecule has 0 bridgehead atoms. The highest BCUT2D eigenvalue weighted by atomic mass is 32.2. The average molecular weight is 317 g/mol. The predicted octanol–water partition coefficient (Wildman–Crippen LogP) is 1.45. The van der Waals surface area contributed by atoms with Crippen molar-refractivity contribution in [3.63, 3.8) is 0 Å². The summed E-state index contributed by atoms with van der Waals surface area (Å²) in [6.07, 6.45) is 0.708. The summed E-state index contributed by atoms with van der Waals surface area (Å²) in [4.78, 5) is 11.7. The zero-order valence-electron chi connectivity index (χ0n) is 11.4. The Morgan fingerprint density at radius 1 is 1.33 bits per heavy atom. The lowest BCUT2D eigenvalue weighted by Crippen LogP contribution is -2.30. The second kappa shape index (κ2) is 6.51. The second-order valence-electron chi connectivity index (χ2n) is 5.31. The van der Waals surface area contributed by atoms with Gasteiger partial charge in [0.25, 0.3) is 0 Å². The summed E-state index contributed by atoms with van der Waals surface area (Å²) < 4.78 is 48.9. The van der Waals surface area contributed by atoms with Gasteiger partial charge < -0.3 is 5.32 Å². The number of amides is 1. The van der Waals surface area contributed by atoms with Crippen LogP contribution >= 0.6 is 0 Å². The molecule has 1 atom stereocenters. The van der Waals surface area contributed by atoms with E-state index < -0.39 is 21.5 Å². The van der Waals surface area contributed by atoms with Crippen molar-refractivity contribution in [3.05, 3.63) is 35.4 Å². The topological polar surface area (TPSA) is 63.2 Å². The van der Waals surface area contributed by atoms with Gasteiger partial charge in [-0.1, -0.05) is 0 Å². The van der Waals surface area contributed by atoms with Crippen LogP contribution in [0.5, 0.6) is 0 Å². The fourth-order valence-corrected chi connectivity index (χ4v) is 4.22. The van der Waals surface area contributed by atoms with Gasteiger partial charge >= 0.3 is 0 Å². The maximum absolute atomic E-state index is 13.4. The van der Waals surface area contributed by atoms with Gasteiger partial charge in [0.05, 0.1) is 11.5 Å². The molecule has 1 N–H and O–H groups in total. The molecule has 21 heavy (non-hydrogen) atoms. The summed E-state index contributed by atoms with van der Waals surface area (Å²) >= 11 is 0. The molecule has 4 nitrogen and oxygen atoms in total. The normalized spacial score (nSPS) is 20.4. The zero-order chi connectivity index (χ0) is 15.5. The Hall–Kier alpha value is -1.50. The minimum absolute atomic E-state index is 0.0415. The van der Waals surface area contributed by atoms with E-state index in [-0.39, 0.29) is 41.7 Å². The van der Waals surface area contributed by atoms with Gasteiger partial charge in [0.2, 0.25) is 5.91 Å². The van der Waals surface area contributed by atoms with Gasteiger partial charge in [-0.15, -0.1) is 0 Å². The molecule has 1 saturated heterocycles. The lowest BCUT2D eigenvalue weighted by Gasteiger charge is -2.10. The molecule has 116 valence electrons. The van der Waals surface area contributed by atoms with Gasteiger partial charge in [0.1, 0.15) is 11.6 Å². The van der Waals surface area contributed by atoms with Crippen LogP contribution in [0.1, 0.15) is 18.4 Å². The Kier molecular flexibility index (Phi) is 4.92. The standard InChI is InChI=1S/C14H17F2NO3S/c15-12-2-3-13(16)11(7-12)1-4-14(18)17-8-10-5-6-21(19,20)9-10/h2-3,7,10H,1,4-6,8-9H2,(H,17,18)/t10-/m0/s1. The molecule has 1 aliphatic rings.